The van der Waals surface area contributed by atoms with Crippen LogP contribution in [0.3, 0.4) is 0 Å². The van der Waals surface area contributed by atoms with Crippen LogP contribution in [-0.4, -0.2) is 37.8 Å². The van der Waals surface area contributed by atoms with E-state index >= 15 is 0 Å². The number of hydrogen-bond acceptors (Lipinski definition) is 4. The van der Waals surface area contributed by atoms with Crippen LogP contribution in [0.2, 0.25) is 0 Å². The highest BCUT2D eigenvalue weighted by Gasteiger charge is 2.05. The van der Waals surface area contributed by atoms with Gasteiger partial charge in [-0.15, -0.1) is 0 Å². The Balaban J connectivity index is 1.87. The third-order valence-corrected chi connectivity index (χ3v) is 4.61. The quantitative estimate of drug-likeness (QED) is 0.364. The van der Waals surface area contributed by atoms with E-state index < -0.39 is 0 Å². The van der Waals surface area contributed by atoms with Crippen LogP contribution in [0.4, 0.5) is 0 Å². The standard InChI is InChI=1S/C22H32N4O3/c1-5-23-22(25-16-18-11-12-19(28-3)15-20(18)29-4)24-13-6-7-14-26-17(2)9-8-10-21(26)27/h8-12,15H,5-7,13-14,16H2,1-4H3,(H2,23,24,25). The van der Waals surface area contributed by atoms with E-state index in [-0.39, 0.29) is 5.56 Å². The summed E-state index contributed by atoms with van der Waals surface area (Å²) >= 11 is 0. The molecule has 2 rings (SSSR count). The van der Waals surface area contributed by atoms with Crippen molar-refractivity contribution >= 4 is 5.96 Å². The molecule has 0 aliphatic heterocycles. The molecule has 1 aromatic carbocycles. The molecule has 0 bridgehead atoms. The van der Waals surface area contributed by atoms with E-state index in [4.69, 9.17) is 9.47 Å². The second kappa shape index (κ2) is 11.8. The highest BCUT2D eigenvalue weighted by atomic mass is 16.5. The number of ether oxygens (including phenoxy) is 2. The summed E-state index contributed by atoms with van der Waals surface area (Å²) in [6, 6.07) is 11.1. The van der Waals surface area contributed by atoms with Crippen molar-refractivity contribution in [3.05, 3.63) is 58.0 Å². The Bertz CT molecular complexity index is 861. The Labute approximate surface area is 172 Å². The van der Waals surface area contributed by atoms with E-state index in [0.717, 1.165) is 61.2 Å². The van der Waals surface area contributed by atoms with Crippen molar-refractivity contribution in [2.24, 2.45) is 4.99 Å². The Hall–Kier alpha value is -2.96. The summed E-state index contributed by atoms with van der Waals surface area (Å²) in [5.41, 5.74) is 2.04. The van der Waals surface area contributed by atoms with Gasteiger partial charge in [0, 0.05) is 43.0 Å². The molecule has 1 aromatic heterocycles. The third kappa shape index (κ3) is 6.85. The van der Waals surface area contributed by atoms with Crippen molar-refractivity contribution in [3.63, 3.8) is 0 Å². The number of aryl methyl sites for hydroxylation is 1. The number of guanidine groups is 1. The number of rotatable bonds is 10. The first-order chi connectivity index (χ1) is 14.1. The SMILES string of the molecule is CCNC(=NCc1ccc(OC)cc1OC)NCCCCn1c(C)cccc1=O. The number of nitrogens with one attached hydrogen (secondary N) is 2. The molecule has 0 unspecified atom stereocenters. The minimum absolute atomic E-state index is 0.0568. The Kier molecular flexibility index (Phi) is 9.08. The fourth-order valence-electron chi connectivity index (χ4n) is 3.00. The van der Waals surface area contributed by atoms with E-state index in [1.165, 1.54) is 0 Å². The number of nitrogens with zero attached hydrogens (tertiary/aromatic N) is 2. The molecule has 0 atom stereocenters. The zero-order valence-corrected chi connectivity index (χ0v) is 17.8. The summed E-state index contributed by atoms with van der Waals surface area (Å²) in [6.45, 7) is 6.79. The molecule has 0 fully saturated rings. The molecule has 0 spiro atoms. The predicted octanol–water partition coefficient (Wildman–Crippen LogP) is 2.71. The lowest BCUT2D eigenvalue weighted by Gasteiger charge is -2.13. The van der Waals surface area contributed by atoms with Crippen LogP contribution >= 0.6 is 0 Å². The molecule has 29 heavy (non-hydrogen) atoms. The van der Waals surface area contributed by atoms with Crippen molar-refractivity contribution in [1.82, 2.24) is 15.2 Å². The molecule has 2 aromatic rings. The van der Waals surface area contributed by atoms with Gasteiger partial charge >= 0.3 is 0 Å². The third-order valence-electron chi connectivity index (χ3n) is 4.61. The predicted molar refractivity (Wildman–Crippen MR) is 117 cm³/mol. The number of pyridine rings is 1. The lowest BCUT2D eigenvalue weighted by molar-refractivity contribution is 0.391. The number of aromatic nitrogens is 1. The molecule has 7 heteroatoms. The monoisotopic (exact) mass is 400 g/mol. The van der Waals surface area contributed by atoms with Gasteiger partial charge in [0.15, 0.2) is 5.96 Å². The Morgan fingerprint density at radius 3 is 2.62 bits per heavy atom. The van der Waals surface area contributed by atoms with E-state index in [1.807, 2.05) is 42.7 Å². The minimum Gasteiger partial charge on any atom is -0.497 e. The van der Waals surface area contributed by atoms with Gasteiger partial charge in [0.1, 0.15) is 11.5 Å². The van der Waals surface area contributed by atoms with Crippen LogP contribution < -0.4 is 25.7 Å². The van der Waals surface area contributed by atoms with Gasteiger partial charge in [0.2, 0.25) is 0 Å². The van der Waals surface area contributed by atoms with Crippen LogP contribution in [0, 0.1) is 6.92 Å². The second-order valence-corrected chi connectivity index (χ2v) is 6.66. The second-order valence-electron chi connectivity index (χ2n) is 6.66. The average molecular weight is 401 g/mol. The van der Waals surface area contributed by atoms with Gasteiger partial charge in [-0.25, -0.2) is 4.99 Å². The van der Waals surface area contributed by atoms with Gasteiger partial charge in [0.05, 0.1) is 20.8 Å². The normalized spacial score (nSPS) is 11.2. The van der Waals surface area contributed by atoms with E-state index in [9.17, 15) is 4.79 Å². The fourth-order valence-corrected chi connectivity index (χ4v) is 3.00. The lowest BCUT2D eigenvalue weighted by Crippen LogP contribution is -2.37. The molecule has 0 amide bonds. The molecule has 2 N–H and O–H groups in total. The summed E-state index contributed by atoms with van der Waals surface area (Å²) in [4.78, 5) is 16.6. The molecule has 0 saturated heterocycles. The maximum Gasteiger partial charge on any atom is 0.250 e. The van der Waals surface area contributed by atoms with Crippen LogP contribution in [0.5, 0.6) is 11.5 Å². The zero-order valence-electron chi connectivity index (χ0n) is 17.8. The van der Waals surface area contributed by atoms with Gasteiger partial charge < -0.3 is 24.7 Å². The average Bonchev–Trinajstić information content (AvgIpc) is 2.73. The van der Waals surface area contributed by atoms with Gasteiger partial charge in [-0.2, -0.15) is 0 Å². The Morgan fingerprint density at radius 1 is 1.10 bits per heavy atom. The van der Waals surface area contributed by atoms with Crippen molar-refractivity contribution in [3.8, 4) is 11.5 Å². The Morgan fingerprint density at radius 2 is 1.93 bits per heavy atom. The van der Waals surface area contributed by atoms with Crippen molar-refractivity contribution in [1.29, 1.82) is 0 Å². The molecule has 7 nitrogen and oxygen atoms in total. The molecule has 0 aliphatic rings. The van der Waals surface area contributed by atoms with Crippen LogP contribution in [0.25, 0.3) is 0 Å². The molecular weight excluding hydrogens is 368 g/mol. The van der Waals surface area contributed by atoms with Gasteiger partial charge in [-0.1, -0.05) is 6.07 Å². The summed E-state index contributed by atoms with van der Waals surface area (Å²) in [7, 11) is 3.28. The number of methoxy groups -OCH3 is 2. The number of aliphatic imine (C=N–C) groups is 1. The molecule has 0 saturated carbocycles. The number of benzene rings is 1. The molecule has 158 valence electrons. The number of hydrogen-bond donors (Lipinski definition) is 2. The van der Waals surface area contributed by atoms with Crippen molar-refractivity contribution in [2.75, 3.05) is 27.3 Å². The smallest absolute Gasteiger partial charge is 0.250 e. The first-order valence-electron chi connectivity index (χ1n) is 9.98. The first kappa shape index (κ1) is 22.3. The summed E-state index contributed by atoms with van der Waals surface area (Å²) in [6.07, 6.45) is 1.86. The van der Waals surface area contributed by atoms with E-state index in [2.05, 4.69) is 15.6 Å². The molecule has 0 radical (unpaired) electrons. The molecule has 1 heterocycles. The summed E-state index contributed by atoms with van der Waals surface area (Å²) < 4.78 is 12.5. The highest BCUT2D eigenvalue weighted by Crippen LogP contribution is 2.25. The van der Waals surface area contributed by atoms with Crippen LogP contribution in [0.15, 0.2) is 46.2 Å². The van der Waals surface area contributed by atoms with E-state index in [1.54, 1.807) is 26.4 Å². The van der Waals surface area contributed by atoms with Crippen molar-refractivity contribution in [2.45, 2.75) is 39.8 Å². The van der Waals surface area contributed by atoms with Gasteiger partial charge in [-0.3, -0.25) is 4.79 Å². The molecular formula is C22H32N4O3. The van der Waals surface area contributed by atoms with Gasteiger partial charge in [0.25, 0.3) is 5.56 Å². The fraction of sp³-hybridized carbons (Fsp3) is 0.455. The van der Waals surface area contributed by atoms with Crippen LogP contribution in [0.1, 0.15) is 31.0 Å². The zero-order chi connectivity index (χ0) is 21.1. The highest BCUT2D eigenvalue weighted by molar-refractivity contribution is 5.79. The maximum absolute atomic E-state index is 11.9. The van der Waals surface area contributed by atoms with E-state index in [0.29, 0.717) is 6.54 Å². The largest absolute Gasteiger partial charge is 0.497 e. The molecule has 0 aliphatic carbocycles. The summed E-state index contributed by atoms with van der Waals surface area (Å²) in [5.74, 6) is 2.28. The van der Waals surface area contributed by atoms with Gasteiger partial charge in [-0.05, 0) is 44.9 Å². The summed E-state index contributed by atoms with van der Waals surface area (Å²) in [5, 5.41) is 6.61. The lowest BCUT2D eigenvalue weighted by atomic mass is 10.2. The maximum atomic E-state index is 11.9. The van der Waals surface area contributed by atoms with Crippen molar-refractivity contribution < 1.29 is 9.47 Å². The number of unbranched alkanes of at least 4 members (excludes halogenated alkanes) is 1. The minimum atomic E-state index is 0.0568. The topological polar surface area (TPSA) is 76.9 Å². The van der Waals surface area contributed by atoms with Crippen LogP contribution in [-0.2, 0) is 13.1 Å². The first-order valence-corrected chi connectivity index (χ1v) is 9.98.